The maximum absolute atomic E-state index is 14.1. The Morgan fingerprint density at radius 2 is 0.729 bits per heavy atom. The first kappa shape index (κ1) is 56.5. The van der Waals surface area contributed by atoms with E-state index in [9.17, 15) is 90.0 Å². The van der Waals surface area contributed by atoms with Gasteiger partial charge in [0.15, 0.2) is 34.3 Å². The van der Waals surface area contributed by atoms with Gasteiger partial charge in [0, 0.05) is 56.4 Å². The fraction of sp³-hybridized carbons (Fsp3) is 0.591. The molecule has 4 bridgehead atoms. The number of pyridine rings is 3. The number of hydrogen-bond acceptors (Lipinski definition) is 19. The molecule has 6 unspecified atom stereocenters. The largest absolute Gasteiger partial charge is 3.00 e. The fourth-order valence-corrected chi connectivity index (χ4v) is 11.6. The van der Waals surface area contributed by atoms with Crippen molar-refractivity contribution in [3.05, 3.63) is 84.5 Å². The van der Waals surface area contributed by atoms with Crippen molar-refractivity contribution in [1.82, 2.24) is 29.7 Å². The minimum absolute atomic E-state index is 0. The van der Waals surface area contributed by atoms with E-state index in [0.717, 1.165) is 50.5 Å². The average molecular weight is 1130 g/mol. The van der Waals surface area contributed by atoms with E-state index in [1.54, 1.807) is 0 Å². The Balaban J connectivity index is 0.00000913. The Labute approximate surface area is 430 Å². The number of carbonyl (C=O) groups is 3. The number of hydrogen-bond donors (Lipinski definition) is 16. The van der Waals surface area contributed by atoms with E-state index >= 15 is 0 Å². The first-order chi connectivity index (χ1) is 32.5. The molecule has 0 spiro atoms. The Morgan fingerprint density at radius 1 is 0.486 bits per heavy atom. The van der Waals surface area contributed by atoms with Crippen LogP contribution < -0.4 is 38.0 Å². The van der Waals surface area contributed by atoms with E-state index in [1.807, 2.05) is 0 Å². The van der Waals surface area contributed by atoms with Crippen LogP contribution in [0.5, 0.6) is 17.2 Å². The molecule has 70 heavy (non-hydrogen) atoms. The van der Waals surface area contributed by atoms with Gasteiger partial charge >= 0.3 is 39.9 Å². The molecule has 0 saturated heterocycles. The van der Waals surface area contributed by atoms with Gasteiger partial charge in [-0.2, -0.15) is 0 Å². The topological polar surface area (TPSA) is 422 Å². The molecule has 6 atom stereocenters. The molecule has 26 heteroatoms. The summed E-state index contributed by atoms with van der Waals surface area (Å²) in [5.41, 5.74) is -1.42. The van der Waals surface area contributed by atoms with E-state index in [4.69, 9.17) is 5.73 Å². The zero-order valence-corrected chi connectivity index (χ0v) is 40.1. The van der Waals surface area contributed by atoms with E-state index in [1.165, 1.54) is 0 Å². The Morgan fingerprint density at radius 3 is 0.957 bits per heavy atom. The molecule has 3 heterocycles. The zero-order chi connectivity index (χ0) is 50.8. The second-order valence-corrected chi connectivity index (χ2v) is 19.4. The second-order valence-electron chi connectivity index (χ2n) is 19.4. The predicted octanol–water partition coefficient (Wildman–Crippen LogP) is -5.69. The van der Waals surface area contributed by atoms with E-state index in [2.05, 4.69) is 16.0 Å². The van der Waals surface area contributed by atoms with Crippen molar-refractivity contribution in [2.24, 2.45) is 27.4 Å². The Kier molecular flexibility index (Phi) is 18.2. The molecule has 0 aliphatic heterocycles. The van der Waals surface area contributed by atoms with Gasteiger partial charge in [-0.25, -0.2) is 0 Å². The third-order valence-corrected chi connectivity index (χ3v) is 13.9. The van der Waals surface area contributed by atoms with Crippen LogP contribution in [0, 0.1) is 61.6 Å². The summed E-state index contributed by atoms with van der Waals surface area (Å²) in [6, 6.07) is 2.82. The van der Waals surface area contributed by atoms with E-state index < -0.39 is 166 Å². The quantitative estimate of drug-likeness (QED) is 0.0446. The second kappa shape index (κ2) is 22.6. The maximum Gasteiger partial charge on any atom is 3.00 e. The Hall–Kier alpha value is -4.42. The van der Waals surface area contributed by atoms with Crippen molar-refractivity contribution in [3.63, 3.8) is 0 Å². The third kappa shape index (κ3) is 11.8. The van der Waals surface area contributed by atoms with Crippen LogP contribution in [0.3, 0.4) is 0 Å². The molecule has 3 aromatic rings. The number of nitrogens with two attached hydrogens (primary N) is 1. The Bertz CT molecular complexity index is 2310. The fourth-order valence-electron chi connectivity index (χ4n) is 11.6. The smallest absolute Gasteiger partial charge is 0.503 e. The molecule has 4 aliphatic rings. The van der Waals surface area contributed by atoms with Crippen LogP contribution in [0.1, 0.15) is 70.0 Å². The van der Waals surface area contributed by atoms with Gasteiger partial charge in [0.25, 0.3) is 17.7 Å². The van der Waals surface area contributed by atoms with Gasteiger partial charge in [-0.05, 0) is 66.7 Å². The third-order valence-electron chi connectivity index (χ3n) is 13.9. The number of aliphatic hydroxyl groups excluding tert-OH is 9. The number of rotatable bonds is 22. The molecule has 4 aliphatic carbocycles. The summed E-state index contributed by atoms with van der Waals surface area (Å²) in [6.45, 7) is -4.48. The number of aliphatic hydroxyl groups is 9. The van der Waals surface area contributed by atoms with Crippen molar-refractivity contribution in [2.45, 2.75) is 94.8 Å². The van der Waals surface area contributed by atoms with Gasteiger partial charge in [-0.3, -0.25) is 28.8 Å². The van der Waals surface area contributed by atoms with Crippen molar-refractivity contribution in [1.29, 1.82) is 0 Å². The molecule has 17 N–H and O–H groups in total. The maximum atomic E-state index is 14.1. The van der Waals surface area contributed by atoms with Gasteiger partial charge in [0.2, 0.25) is 16.3 Å². The van der Waals surface area contributed by atoms with Crippen LogP contribution in [0.25, 0.3) is 0 Å². The summed E-state index contributed by atoms with van der Waals surface area (Å²) in [6.07, 6.45) is -4.49. The monoisotopic (exact) mass is 1130 g/mol. The van der Waals surface area contributed by atoms with E-state index in [0.29, 0.717) is 19.3 Å². The molecular weight excluding hydrogens is 1070 g/mol. The summed E-state index contributed by atoms with van der Waals surface area (Å²) < 4.78 is 3.11. The summed E-state index contributed by atoms with van der Waals surface area (Å²) in [5.74, 6) is -5.79. The van der Waals surface area contributed by atoms with Crippen LogP contribution in [0.4, 0.5) is 0 Å². The molecule has 7 rings (SSSR count). The molecule has 4 fully saturated rings. The molecule has 385 valence electrons. The van der Waals surface area contributed by atoms with Crippen LogP contribution in [0.2, 0.25) is 0 Å². The minimum atomic E-state index is -1.64. The molecule has 1 radical (unpaired) electrons. The minimum Gasteiger partial charge on any atom is -0.503 e. The van der Waals surface area contributed by atoms with Crippen LogP contribution >= 0.6 is 0 Å². The normalized spacial score (nSPS) is 24.9. The molecule has 3 aromatic heterocycles. The average Bonchev–Trinajstić information content (AvgIpc) is 3.31. The van der Waals surface area contributed by atoms with Gasteiger partial charge in [-0.15, -0.1) is 0 Å². The van der Waals surface area contributed by atoms with Gasteiger partial charge < -0.3 is 96.7 Å². The zero-order valence-electron chi connectivity index (χ0n) is 37.8. The number of amides is 3. The SMILES string of the molecule is NCC12CC3(CNC(=O)c4c(O)c(=O)ccn4CC(O)C(O)CO)CC(CNC(=O)c4c(O)c(=O)ccn4CC(O)C(O)CO)(C1)CC(CNC(=O)c1c(O)c(=O)ccn1CC(O)C(O)CO)(C2)C3.[Gd+3]. The summed E-state index contributed by atoms with van der Waals surface area (Å²) in [5, 5.41) is 131. The summed E-state index contributed by atoms with van der Waals surface area (Å²) in [7, 11) is 0. The van der Waals surface area contributed by atoms with Crippen LogP contribution in [0.15, 0.2) is 51.2 Å². The number of carbonyl (C=O) groups excluding carboxylic acids is 3. The molecule has 4 saturated carbocycles. The van der Waals surface area contributed by atoms with Crippen molar-refractivity contribution in [3.8, 4) is 17.2 Å². The van der Waals surface area contributed by atoms with E-state index in [-0.39, 0.29) is 85.4 Å². The molecule has 0 aromatic carbocycles. The first-order valence-corrected chi connectivity index (χ1v) is 22.2. The van der Waals surface area contributed by atoms with Gasteiger partial charge in [0.05, 0.1) is 57.8 Å². The van der Waals surface area contributed by atoms with Crippen LogP contribution in [-0.2, 0) is 19.6 Å². The standard InChI is InChI=1S/C44H61N7O18.Gd/c45-19-41-13-42(20-46-38(67)32-35(64)23(55)1-4-49(32)7-26(58)29(61)10-52)16-43(14-41,21-47-39(68)33-36(65)24(56)2-5-50(33)8-27(59)30(62)11-53)18-44(15-41,17-42)22-48-40(69)34-37(66)25(57)3-6-51(34)9-28(60)31(63)12-54;/h1-6,26-31,52-54,58-66H,7-22,45H2,(H,46,67)(H,47,68)(H,48,69);/q;+3. The van der Waals surface area contributed by atoms with Gasteiger partial charge in [0.1, 0.15) is 18.3 Å². The molecule has 25 nitrogen and oxygen atoms in total. The molecule has 3 amide bonds. The van der Waals surface area contributed by atoms with Crippen molar-refractivity contribution < 1.29 is 116 Å². The van der Waals surface area contributed by atoms with Crippen LogP contribution in [-0.4, -0.2) is 175 Å². The summed E-state index contributed by atoms with van der Waals surface area (Å²) in [4.78, 5) is 80.2. The number of nitrogens with one attached hydrogen (secondary N) is 3. The first-order valence-electron chi connectivity index (χ1n) is 22.2. The van der Waals surface area contributed by atoms with Crippen molar-refractivity contribution >= 4 is 17.7 Å². The summed E-state index contributed by atoms with van der Waals surface area (Å²) >= 11 is 0. The number of aromatic hydroxyl groups is 3. The predicted molar refractivity (Wildman–Crippen MR) is 238 cm³/mol. The number of aromatic nitrogens is 3. The van der Waals surface area contributed by atoms with Crippen molar-refractivity contribution in [2.75, 3.05) is 46.0 Å². The van der Waals surface area contributed by atoms with Gasteiger partial charge in [-0.1, -0.05) is 0 Å². The molecular formula is C44H61GdN7O18+3. The number of nitrogens with zero attached hydrogens (tertiary/aromatic N) is 3.